The molecule has 2 aromatic carbocycles. The van der Waals surface area contributed by atoms with E-state index in [9.17, 15) is 13.2 Å². The Kier molecular flexibility index (Phi) is 6.88. The Morgan fingerprint density at radius 2 is 1.74 bits per heavy atom. The van der Waals surface area contributed by atoms with Gasteiger partial charge >= 0.3 is 0 Å². The molecule has 2 rings (SSSR count). The zero-order chi connectivity index (χ0) is 23.6. The Balaban J connectivity index is 2.61. The molecular formula is C21H27N5O4S. The monoisotopic (exact) mass is 445 g/mol. The molecule has 0 fully saturated rings. The van der Waals surface area contributed by atoms with Crippen molar-refractivity contribution >= 4 is 33.0 Å². The maximum atomic E-state index is 13.0. The molecule has 0 aliphatic rings. The standard InChI is InChI=1S/C21H27N5O4S/c1-12-8-14(9-16(13(12)2)24-26-22)20(27)23-17-10-15(21(3,4)5)11-18(19(17)30-6)25-31(7,28)29/h8-11,25H,1-7H3,(H,23,27). The normalized spacial score (nSPS) is 11.5. The van der Waals surface area contributed by atoms with Crippen LogP contribution in [0.2, 0.25) is 0 Å². The van der Waals surface area contributed by atoms with Crippen molar-refractivity contribution in [3.63, 3.8) is 0 Å². The van der Waals surface area contributed by atoms with Gasteiger partial charge in [0.15, 0.2) is 5.75 Å². The summed E-state index contributed by atoms with van der Waals surface area (Å²) in [7, 11) is -2.19. The lowest BCUT2D eigenvalue weighted by Gasteiger charge is -2.24. The molecule has 0 aromatic heterocycles. The second kappa shape index (κ2) is 8.87. The summed E-state index contributed by atoms with van der Waals surface area (Å²) in [6.07, 6.45) is 1.04. The number of ether oxygens (including phenoxy) is 1. The predicted molar refractivity (Wildman–Crippen MR) is 123 cm³/mol. The van der Waals surface area contributed by atoms with Gasteiger partial charge in [0, 0.05) is 16.2 Å². The van der Waals surface area contributed by atoms with Gasteiger partial charge in [0.2, 0.25) is 10.0 Å². The largest absolute Gasteiger partial charge is 0.492 e. The molecule has 0 bridgehead atoms. The van der Waals surface area contributed by atoms with Gasteiger partial charge in [-0.15, -0.1) is 0 Å². The number of amides is 1. The number of aryl methyl sites for hydroxylation is 1. The summed E-state index contributed by atoms with van der Waals surface area (Å²) in [5.41, 5.74) is 12.0. The van der Waals surface area contributed by atoms with E-state index in [0.717, 1.165) is 22.9 Å². The minimum atomic E-state index is -3.58. The third kappa shape index (κ3) is 5.90. The van der Waals surface area contributed by atoms with Gasteiger partial charge in [-0.25, -0.2) is 8.42 Å². The fourth-order valence-corrected chi connectivity index (χ4v) is 3.52. The van der Waals surface area contributed by atoms with E-state index >= 15 is 0 Å². The summed E-state index contributed by atoms with van der Waals surface area (Å²) in [4.78, 5) is 15.8. The lowest BCUT2D eigenvalue weighted by molar-refractivity contribution is 0.102. The number of carbonyl (C=O) groups is 1. The average Bonchev–Trinajstić information content (AvgIpc) is 2.63. The molecule has 1 amide bonds. The van der Waals surface area contributed by atoms with E-state index < -0.39 is 15.9 Å². The fraction of sp³-hybridized carbons (Fsp3) is 0.381. The van der Waals surface area contributed by atoms with Crippen LogP contribution in [0.25, 0.3) is 10.4 Å². The summed E-state index contributed by atoms with van der Waals surface area (Å²) >= 11 is 0. The number of methoxy groups -OCH3 is 1. The van der Waals surface area contributed by atoms with Gasteiger partial charge in [0.05, 0.1) is 24.7 Å². The molecule has 31 heavy (non-hydrogen) atoms. The van der Waals surface area contributed by atoms with Crippen LogP contribution in [-0.4, -0.2) is 27.7 Å². The highest BCUT2D eigenvalue weighted by Gasteiger charge is 2.22. The quantitative estimate of drug-likeness (QED) is 0.360. The SMILES string of the molecule is COc1c(NC(=O)c2cc(C)c(C)c(N=[N+]=[N-])c2)cc(C(C)(C)C)cc1NS(C)(=O)=O. The van der Waals surface area contributed by atoms with E-state index in [4.69, 9.17) is 10.3 Å². The molecule has 166 valence electrons. The van der Waals surface area contributed by atoms with Gasteiger partial charge < -0.3 is 10.1 Å². The van der Waals surface area contributed by atoms with E-state index in [1.165, 1.54) is 13.2 Å². The zero-order valence-corrected chi connectivity index (χ0v) is 19.5. The summed E-state index contributed by atoms with van der Waals surface area (Å²) in [5.74, 6) is -0.266. The minimum absolute atomic E-state index is 0.186. The first-order chi connectivity index (χ1) is 14.3. The minimum Gasteiger partial charge on any atom is -0.492 e. The Morgan fingerprint density at radius 3 is 2.26 bits per heavy atom. The lowest BCUT2D eigenvalue weighted by atomic mass is 9.86. The first-order valence-electron chi connectivity index (χ1n) is 9.45. The van der Waals surface area contributed by atoms with E-state index in [1.807, 2.05) is 27.7 Å². The van der Waals surface area contributed by atoms with E-state index in [-0.39, 0.29) is 16.9 Å². The predicted octanol–water partition coefficient (Wildman–Crippen LogP) is 5.18. The van der Waals surface area contributed by atoms with Crippen molar-refractivity contribution in [1.29, 1.82) is 0 Å². The number of hydrogen-bond donors (Lipinski definition) is 2. The highest BCUT2D eigenvalue weighted by Crippen LogP contribution is 2.39. The number of anilines is 2. The van der Waals surface area contributed by atoms with E-state index in [0.29, 0.717) is 16.9 Å². The second-order valence-electron chi connectivity index (χ2n) is 8.31. The molecule has 0 spiro atoms. The number of benzene rings is 2. The summed E-state index contributed by atoms with van der Waals surface area (Å²) in [6.45, 7) is 9.54. The van der Waals surface area contributed by atoms with Gasteiger partial charge in [-0.3, -0.25) is 9.52 Å². The number of rotatable bonds is 6. The van der Waals surface area contributed by atoms with Crippen LogP contribution in [0.15, 0.2) is 29.4 Å². The molecular weight excluding hydrogens is 418 g/mol. The Labute approximate surface area is 182 Å². The summed E-state index contributed by atoms with van der Waals surface area (Å²) in [5, 5.41) is 6.45. The molecule has 0 heterocycles. The molecule has 2 aromatic rings. The number of azide groups is 1. The number of carbonyl (C=O) groups excluding carboxylic acids is 1. The number of sulfonamides is 1. The number of nitrogens with one attached hydrogen (secondary N) is 2. The molecule has 0 saturated carbocycles. The Hall–Kier alpha value is -3.23. The third-order valence-electron chi connectivity index (χ3n) is 4.76. The number of nitrogens with zero attached hydrogens (tertiary/aromatic N) is 3. The molecule has 0 atom stereocenters. The van der Waals surface area contributed by atoms with Crippen molar-refractivity contribution in [3.8, 4) is 5.75 Å². The summed E-state index contributed by atoms with van der Waals surface area (Å²) in [6, 6.07) is 6.63. The smallest absolute Gasteiger partial charge is 0.255 e. The molecule has 0 unspecified atom stereocenters. The van der Waals surface area contributed by atoms with Gasteiger partial charge in [0.1, 0.15) is 0 Å². The van der Waals surface area contributed by atoms with Gasteiger partial charge in [-0.05, 0) is 65.7 Å². The molecule has 10 heteroatoms. The maximum Gasteiger partial charge on any atom is 0.255 e. The first-order valence-corrected chi connectivity index (χ1v) is 11.3. The average molecular weight is 446 g/mol. The first kappa shape index (κ1) is 24.0. The molecule has 9 nitrogen and oxygen atoms in total. The topological polar surface area (TPSA) is 133 Å². The van der Waals surface area contributed by atoms with Crippen molar-refractivity contribution < 1.29 is 17.9 Å². The number of hydrogen-bond acceptors (Lipinski definition) is 5. The van der Waals surface area contributed by atoms with Crippen LogP contribution in [0.1, 0.15) is 47.8 Å². The van der Waals surface area contributed by atoms with Crippen LogP contribution in [0.5, 0.6) is 5.75 Å². The molecule has 0 saturated heterocycles. The van der Waals surface area contributed by atoms with Gasteiger partial charge in [-0.1, -0.05) is 25.9 Å². The third-order valence-corrected chi connectivity index (χ3v) is 5.35. The fourth-order valence-electron chi connectivity index (χ4n) is 2.97. The van der Waals surface area contributed by atoms with Crippen LogP contribution < -0.4 is 14.8 Å². The zero-order valence-electron chi connectivity index (χ0n) is 18.7. The highest BCUT2D eigenvalue weighted by molar-refractivity contribution is 7.92. The van der Waals surface area contributed by atoms with E-state index in [2.05, 4.69) is 20.1 Å². The van der Waals surface area contributed by atoms with Gasteiger partial charge in [-0.2, -0.15) is 0 Å². The molecule has 0 aliphatic carbocycles. The van der Waals surface area contributed by atoms with Crippen LogP contribution >= 0.6 is 0 Å². The van der Waals surface area contributed by atoms with E-state index in [1.54, 1.807) is 25.1 Å². The lowest BCUT2D eigenvalue weighted by Crippen LogP contribution is -2.18. The van der Waals surface area contributed by atoms with Crippen molar-refractivity contribution in [2.45, 2.75) is 40.0 Å². The van der Waals surface area contributed by atoms with Gasteiger partial charge in [0.25, 0.3) is 5.91 Å². The molecule has 0 radical (unpaired) electrons. The highest BCUT2D eigenvalue weighted by atomic mass is 32.2. The van der Waals surface area contributed by atoms with Crippen molar-refractivity contribution in [3.05, 3.63) is 57.0 Å². The van der Waals surface area contributed by atoms with Crippen molar-refractivity contribution in [2.24, 2.45) is 5.11 Å². The van der Waals surface area contributed by atoms with Crippen LogP contribution in [0.3, 0.4) is 0 Å². The van der Waals surface area contributed by atoms with Crippen LogP contribution in [0.4, 0.5) is 17.1 Å². The van der Waals surface area contributed by atoms with Crippen LogP contribution in [0, 0.1) is 13.8 Å². The Bertz CT molecular complexity index is 1180. The van der Waals surface area contributed by atoms with Crippen molar-refractivity contribution in [1.82, 2.24) is 0 Å². The molecule has 2 N–H and O–H groups in total. The second-order valence-corrected chi connectivity index (χ2v) is 10.1. The maximum absolute atomic E-state index is 13.0. The Morgan fingerprint density at radius 1 is 1.13 bits per heavy atom. The van der Waals surface area contributed by atoms with Crippen LogP contribution in [-0.2, 0) is 15.4 Å². The molecule has 0 aliphatic heterocycles. The van der Waals surface area contributed by atoms with Crippen molar-refractivity contribution in [2.75, 3.05) is 23.4 Å². The summed E-state index contributed by atoms with van der Waals surface area (Å²) < 4.78 is 31.6.